The molecule has 41 heavy (non-hydrogen) atoms. The Morgan fingerprint density at radius 3 is 2.37 bits per heavy atom. The molecular formula is C32H40F3N5O. The van der Waals surface area contributed by atoms with E-state index in [0.717, 1.165) is 43.1 Å². The average Bonchev–Trinajstić information content (AvgIpc) is 2.96. The molecule has 1 aromatic heterocycles. The first-order chi connectivity index (χ1) is 19.6. The van der Waals surface area contributed by atoms with Gasteiger partial charge in [0.25, 0.3) is 5.56 Å². The molecule has 0 saturated heterocycles. The van der Waals surface area contributed by atoms with E-state index in [9.17, 15) is 18.0 Å². The second kappa shape index (κ2) is 14.7. The van der Waals surface area contributed by atoms with Crippen LogP contribution in [0, 0.1) is 5.92 Å². The zero-order chi connectivity index (χ0) is 30.0. The van der Waals surface area contributed by atoms with Crippen LogP contribution in [0.25, 0.3) is 6.08 Å². The molecule has 2 unspecified atom stereocenters. The molecule has 220 valence electrons. The Kier molecular flexibility index (Phi) is 11.3. The lowest BCUT2D eigenvalue weighted by Gasteiger charge is -2.20. The minimum absolute atomic E-state index is 0.0179. The summed E-state index contributed by atoms with van der Waals surface area (Å²) in [7, 11) is 0. The van der Waals surface area contributed by atoms with Crippen LogP contribution >= 0.6 is 0 Å². The van der Waals surface area contributed by atoms with Gasteiger partial charge in [-0.25, -0.2) is 4.99 Å². The summed E-state index contributed by atoms with van der Waals surface area (Å²) in [5.74, 6) is 0.794. The van der Waals surface area contributed by atoms with Gasteiger partial charge in [-0.15, -0.1) is 0 Å². The zero-order valence-corrected chi connectivity index (χ0v) is 24.0. The highest BCUT2D eigenvalue weighted by molar-refractivity contribution is 5.98. The molecule has 9 heteroatoms. The molecule has 0 amide bonds. The number of nitrogens with zero attached hydrogens (tertiary/aromatic N) is 2. The van der Waals surface area contributed by atoms with E-state index in [-0.39, 0.29) is 29.9 Å². The van der Waals surface area contributed by atoms with Crippen molar-refractivity contribution in [2.24, 2.45) is 16.6 Å². The Bertz CT molecular complexity index is 1380. The zero-order valence-electron chi connectivity index (χ0n) is 24.0. The van der Waals surface area contributed by atoms with E-state index in [4.69, 9.17) is 10.7 Å². The van der Waals surface area contributed by atoms with Gasteiger partial charge < -0.3 is 16.4 Å². The molecule has 0 aliphatic carbocycles. The summed E-state index contributed by atoms with van der Waals surface area (Å²) in [6, 6.07) is 16.2. The third-order valence-corrected chi connectivity index (χ3v) is 7.08. The van der Waals surface area contributed by atoms with E-state index in [1.807, 2.05) is 38.1 Å². The minimum atomic E-state index is -4.55. The number of nitrogens with two attached hydrogens (primary N) is 1. The number of benzene rings is 2. The van der Waals surface area contributed by atoms with Gasteiger partial charge in [0.15, 0.2) is 0 Å². The maximum atomic E-state index is 13.7. The van der Waals surface area contributed by atoms with Crippen LogP contribution in [0.15, 0.2) is 77.0 Å². The Hall–Kier alpha value is -3.85. The number of amidine groups is 1. The number of nitrogens with one attached hydrogen (secondary N) is 2. The van der Waals surface area contributed by atoms with Crippen molar-refractivity contribution in [1.29, 1.82) is 0 Å². The summed E-state index contributed by atoms with van der Waals surface area (Å²) in [6.45, 7) is 10.3. The number of aliphatic imine (C=N–C) groups is 1. The molecule has 0 radical (unpaired) electrons. The third kappa shape index (κ3) is 8.57. The van der Waals surface area contributed by atoms with Crippen molar-refractivity contribution in [2.75, 3.05) is 17.2 Å². The number of hydrogen-bond acceptors (Lipinski definition) is 4. The van der Waals surface area contributed by atoms with E-state index in [1.165, 1.54) is 28.8 Å². The number of rotatable bonds is 13. The van der Waals surface area contributed by atoms with Gasteiger partial charge in [-0.2, -0.15) is 13.2 Å². The third-order valence-electron chi connectivity index (χ3n) is 7.08. The van der Waals surface area contributed by atoms with Crippen molar-refractivity contribution in [3.8, 4) is 0 Å². The van der Waals surface area contributed by atoms with Crippen molar-refractivity contribution in [2.45, 2.75) is 65.2 Å². The number of anilines is 2. The van der Waals surface area contributed by atoms with E-state index in [0.29, 0.717) is 17.9 Å². The Balaban J connectivity index is 2.00. The van der Waals surface area contributed by atoms with Crippen LogP contribution in [-0.4, -0.2) is 23.0 Å². The van der Waals surface area contributed by atoms with Gasteiger partial charge in [-0.05, 0) is 54.8 Å². The fourth-order valence-electron chi connectivity index (χ4n) is 4.43. The highest BCUT2D eigenvalue weighted by Crippen LogP contribution is 2.33. The van der Waals surface area contributed by atoms with Gasteiger partial charge in [-0.3, -0.25) is 9.36 Å². The molecule has 0 bridgehead atoms. The van der Waals surface area contributed by atoms with Crippen molar-refractivity contribution in [3.05, 3.63) is 94.3 Å². The quantitative estimate of drug-likeness (QED) is 0.146. The highest BCUT2D eigenvalue weighted by Gasteiger charge is 2.33. The summed E-state index contributed by atoms with van der Waals surface area (Å²) >= 11 is 0. The van der Waals surface area contributed by atoms with Crippen molar-refractivity contribution < 1.29 is 13.2 Å². The Morgan fingerprint density at radius 2 is 1.76 bits per heavy atom. The summed E-state index contributed by atoms with van der Waals surface area (Å²) in [6.07, 6.45) is 0.947. The summed E-state index contributed by atoms with van der Waals surface area (Å²) in [5.41, 5.74) is 6.95. The van der Waals surface area contributed by atoms with Crippen LogP contribution in [0.3, 0.4) is 0 Å². The molecule has 2 atom stereocenters. The SMILES string of the molecule is C=Cc1ccc(=O)n(Cc2ccccc2C(F)(F)F)c1N=C(Nc1ccc(NC(CN)CCCC)cc1)C(C)CC. The van der Waals surface area contributed by atoms with Gasteiger partial charge in [0.2, 0.25) is 0 Å². The average molecular weight is 568 g/mol. The maximum absolute atomic E-state index is 13.7. The number of alkyl halides is 3. The predicted molar refractivity (Wildman–Crippen MR) is 164 cm³/mol. The number of aromatic nitrogens is 1. The van der Waals surface area contributed by atoms with Crippen LogP contribution in [0.4, 0.5) is 30.4 Å². The molecule has 0 fully saturated rings. The highest BCUT2D eigenvalue weighted by atomic mass is 19.4. The van der Waals surface area contributed by atoms with Gasteiger partial charge >= 0.3 is 6.18 Å². The molecule has 0 saturated carbocycles. The molecular weight excluding hydrogens is 527 g/mol. The van der Waals surface area contributed by atoms with Gasteiger partial charge in [0.05, 0.1) is 12.1 Å². The molecule has 3 rings (SSSR count). The first kappa shape index (κ1) is 31.7. The molecule has 4 N–H and O–H groups in total. The van der Waals surface area contributed by atoms with Crippen LogP contribution in [0.2, 0.25) is 0 Å². The first-order valence-corrected chi connectivity index (χ1v) is 14.0. The number of pyridine rings is 1. The minimum Gasteiger partial charge on any atom is -0.381 e. The van der Waals surface area contributed by atoms with Crippen molar-refractivity contribution in [1.82, 2.24) is 4.57 Å². The van der Waals surface area contributed by atoms with E-state index >= 15 is 0 Å². The van der Waals surface area contributed by atoms with Crippen molar-refractivity contribution >= 4 is 29.1 Å². The Morgan fingerprint density at radius 1 is 1.07 bits per heavy atom. The molecule has 0 aliphatic rings. The second-order valence-corrected chi connectivity index (χ2v) is 10.1. The lowest BCUT2D eigenvalue weighted by Crippen LogP contribution is -2.28. The molecule has 1 heterocycles. The number of unbranched alkanes of at least 4 members (excludes halogenated alkanes) is 1. The smallest absolute Gasteiger partial charge is 0.381 e. The molecule has 3 aromatic rings. The molecule has 2 aromatic carbocycles. The normalized spacial score (nSPS) is 13.5. The first-order valence-electron chi connectivity index (χ1n) is 14.0. The predicted octanol–water partition coefficient (Wildman–Crippen LogP) is 7.68. The lowest BCUT2D eigenvalue weighted by atomic mass is 10.1. The lowest BCUT2D eigenvalue weighted by molar-refractivity contribution is -0.138. The largest absolute Gasteiger partial charge is 0.416 e. The summed E-state index contributed by atoms with van der Waals surface area (Å²) in [5, 5.41) is 6.84. The topological polar surface area (TPSA) is 84.4 Å². The molecule has 0 spiro atoms. The fourth-order valence-corrected chi connectivity index (χ4v) is 4.43. The summed E-state index contributed by atoms with van der Waals surface area (Å²) in [4.78, 5) is 17.9. The Labute approximate surface area is 240 Å². The van der Waals surface area contributed by atoms with E-state index < -0.39 is 17.3 Å². The van der Waals surface area contributed by atoms with Crippen LogP contribution < -0.4 is 21.9 Å². The van der Waals surface area contributed by atoms with Crippen LogP contribution in [0.1, 0.15) is 63.1 Å². The van der Waals surface area contributed by atoms with Crippen LogP contribution in [0.5, 0.6) is 0 Å². The maximum Gasteiger partial charge on any atom is 0.416 e. The molecule has 0 aliphatic heterocycles. The monoisotopic (exact) mass is 567 g/mol. The van der Waals surface area contributed by atoms with E-state index in [2.05, 4.69) is 24.1 Å². The molecule has 6 nitrogen and oxygen atoms in total. The number of halogens is 3. The van der Waals surface area contributed by atoms with Crippen LogP contribution in [-0.2, 0) is 12.7 Å². The van der Waals surface area contributed by atoms with Gasteiger partial charge in [-0.1, -0.05) is 64.5 Å². The second-order valence-electron chi connectivity index (χ2n) is 10.1. The standard InChI is InChI=1S/C32H40F3N5O/c1-5-8-12-27(20-36)37-25-15-17-26(18-16-25)38-30(22(4)6-2)39-31-23(7-3)14-19-29(41)40(31)21-24-11-9-10-13-28(24)32(33,34)35/h7,9-11,13-19,22,27,37H,3,5-6,8,12,20-21,36H2,1-2,4H3,(H,38,39). The fraction of sp³-hybridized carbons (Fsp3) is 0.375. The van der Waals surface area contributed by atoms with Gasteiger partial charge in [0, 0.05) is 41.5 Å². The van der Waals surface area contributed by atoms with Crippen molar-refractivity contribution in [3.63, 3.8) is 0 Å². The van der Waals surface area contributed by atoms with Gasteiger partial charge in [0.1, 0.15) is 11.7 Å². The summed E-state index contributed by atoms with van der Waals surface area (Å²) < 4.78 is 42.4. The van der Waals surface area contributed by atoms with E-state index in [1.54, 1.807) is 12.1 Å². The number of hydrogen-bond donors (Lipinski definition) is 3.